The molecule has 2 unspecified atom stereocenters. The molecule has 136 valence electrons. The van der Waals surface area contributed by atoms with E-state index in [1.807, 2.05) is 0 Å². The molecule has 0 bridgehead atoms. The van der Waals surface area contributed by atoms with Crippen LogP contribution in [0.3, 0.4) is 0 Å². The lowest BCUT2D eigenvalue weighted by atomic mass is 9.80. The Hall–Kier alpha value is -2.83. The van der Waals surface area contributed by atoms with E-state index in [1.165, 1.54) is 27.6 Å². The zero-order chi connectivity index (χ0) is 18.7. The number of benzene rings is 1. The molecule has 0 fully saturated rings. The third-order valence-corrected chi connectivity index (χ3v) is 4.53. The topological polar surface area (TPSA) is 78.1 Å². The van der Waals surface area contributed by atoms with E-state index in [2.05, 4.69) is 0 Å². The maximum absolute atomic E-state index is 11.4. The molecule has 0 spiro atoms. The number of allylic oxidation sites excluding steroid dienone is 2. The number of carbonyl (C=O) groups excluding carboxylic acids is 1. The Morgan fingerprint density at radius 2 is 2.00 bits per heavy atom. The first-order valence-corrected chi connectivity index (χ1v) is 7.99. The predicted octanol–water partition coefficient (Wildman–Crippen LogP) is 3.18. The number of aromatic hydroxyl groups is 1. The first-order chi connectivity index (χ1) is 12.6. The SMILES string of the molecule is COC1=CC(C=O)=CC(OC)(c2cccc(-c3ccco3)c2O)C1OC. The van der Waals surface area contributed by atoms with Crippen molar-refractivity contribution in [2.45, 2.75) is 11.7 Å². The zero-order valence-electron chi connectivity index (χ0n) is 14.8. The van der Waals surface area contributed by atoms with Crippen molar-refractivity contribution in [1.82, 2.24) is 0 Å². The lowest BCUT2D eigenvalue weighted by molar-refractivity contribution is -0.107. The highest BCUT2D eigenvalue weighted by molar-refractivity contribution is 5.80. The molecule has 2 aromatic rings. The molecule has 1 aromatic heterocycles. The summed E-state index contributed by atoms with van der Waals surface area (Å²) in [6.07, 6.45) is 4.75. The minimum atomic E-state index is -1.25. The predicted molar refractivity (Wildman–Crippen MR) is 94.5 cm³/mol. The lowest BCUT2D eigenvalue weighted by Crippen LogP contribution is -2.44. The molecular formula is C20H20O6. The third-order valence-electron chi connectivity index (χ3n) is 4.53. The number of hydrogen-bond donors (Lipinski definition) is 1. The molecule has 6 heteroatoms. The molecule has 1 aliphatic carbocycles. The molecule has 0 aliphatic heterocycles. The van der Waals surface area contributed by atoms with E-state index < -0.39 is 11.7 Å². The number of phenols is 1. The van der Waals surface area contributed by atoms with Crippen LogP contribution in [0.4, 0.5) is 0 Å². The van der Waals surface area contributed by atoms with E-state index in [0.717, 1.165) is 0 Å². The molecule has 3 rings (SSSR count). The van der Waals surface area contributed by atoms with Gasteiger partial charge in [0, 0.05) is 25.4 Å². The lowest BCUT2D eigenvalue weighted by Gasteiger charge is -2.40. The van der Waals surface area contributed by atoms with Crippen molar-refractivity contribution in [3.8, 4) is 17.1 Å². The molecule has 1 aromatic carbocycles. The van der Waals surface area contributed by atoms with Gasteiger partial charge in [0.2, 0.25) is 0 Å². The second-order valence-electron chi connectivity index (χ2n) is 5.81. The van der Waals surface area contributed by atoms with Gasteiger partial charge in [-0.15, -0.1) is 0 Å². The molecule has 1 aliphatic rings. The third kappa shape index (κ3) is 2.73. The van der Waals surface area contributed by atoms with Crippen LogP contribution in [0.15, 0.2) is 64.5 Å². The standard InChI is InChI=1S/C20H20O6/c1-23-17-10-13(12-21)11-20(25-3,19(17)24-2)15-7-4-6-14(18(15)22)16-8-5-9-26-16/h4-12,19,22H,1-3H3. The fourth-order valence-electron chi connectivity index (χ4n) is 3.33. The molecule has 1 N–H and O–H groups in total. The molecule has 26 heavy (non-hydrogen) atoms. The largest absolute Gasteiger partial charge is 0.507 e. The highest BCUT2D eigenvalue weighted by Crippen LogP contribution is 2.46. The number of carbonyl (C=O) groups is 1. The fraction of sp³-hybridized carbons (Fsp3) is 0.250. The van der Waals surface area contributed by atoms with Crippen LogP contribution in [0.1, 0.15) is 5.56 Å². The summed E-state index contributed by atoms with van der Waals surface area (Å²) in [6, 6.07) is 8.72. The fourth-order valence-corrected chi connectivity index (χ4v) is 3.33. The van der Waals surface area contributed by atoms with Crippen LogP contribution < -0.4 is 0 Å². The Morgan fingerprint density at radius 1 is 1.19 bits per heavy atom. The Morgan fingerprint density at radius 3 is 2.58 bits per heavy atom. The van der Waals surface area contributed by atoms with Gasteiger partial charge in [0.05, 0.1) is 18.9 Å². The van der Waals surface area contributed by atoms with Gasteiger partial charge in [0.15, 0.2) is 6.10 Å². The second kappa shape index (κ2) is 7.19. The first-order valence-electron chi connectivity index (χ1n) is 7.99. The summed E-state index contributed by atoms with van der Waals surface area (Å²) in [6.45, 7) is 0. The highest BCUT2D eigenvalue weighted by atomic mass is 16.6. The Bertz CT molecular complexity index is 849. The number of aldehydes is 1. The summed E-state index contributed by atoms with van der Waals surface area (Å²) >= 11 is 0. The van der Waals surface area contributed by atoms with Crippen LogP contribution in [-0.2, 0) is 24.6 Å². The number of hydrogen-bond acceptors (Lipinski definition) is 6. The van der Waals surface area contributed by atoms with Gasteiger partial charge in [-0.25, -0.2) is 0 Å². The number of rotatable bonds is 6. The van der Waals surface area contributed by atoms with Gasteiger partial charge in [-0.1, -0.05) is 12.1 Å². The summed E-state index contributed by atoms with van der Waals surface area (Å²) in [5.74, 6) is 0.912. The van der Waals surface area contributed by atoms with E-state index >= 15 is 0 Å². The van der Waals surface area contributed by atoms with Gasteiger partial charge in [0.25, 0.3) is 0 Å². The van der Waals surface area contributed by atoms with Crippen molar-refractivity contribution in [1.29, 1.82) is 0 Å². The van der Waals surface area contributed by atoms with Gasteiger partial charge in [-0.2, -0.15) is 0 Å². The van der Waals surface area contributed by atoms with Gasteiger partial charge >= 0.3 is 0 Å². The number of ether oxygens (including phenoxy) is 3. The van der Waals surface area contributed by atoms with Crippen LogP contribution in [0.25, 0.3) is 11.3 Å². The molecule has 0 amide bonds. The maximum Gasteiger partial charge on any atom is 0.151 e. The van der Waals surface area contributed by atoms with Crippen LogP contribution in [-0.4, -0.2) is 38.8 Å². The quantitative estimate of drug-likeness (QED) is 0.801. The van der Waals surface area contributed by atoms with E-state index in [1.54, 1.807) is 42.5 Å². The van der Waals surface area contributed by atoms with E-state index in [9.17, 15) is 9.90 Å². The Balaban J connectivity index is 2.25. The summed E-state index contributed by atoms with van der Waals surface area (Å²) in [4.78, 5) is 11.4. The number of para-hydroxylation sites is 1. The minimum absolute atomic E-state index is 0.0230. The van der Waals surface area contributed by atoms with Crippen LogP contribution in [0.2, 0.25) is 0 Å². The van der Waals surface area contributed by atoms with Gasteiger partial charge < -0.3 is 23.7 Å². The number of methoxy groups -OCH3 is 3. The van der Waals surface area contributed by atoms with Crippen molar-refractivity contribution < 1.29 is 28.5 Å². The van der Waals surface area contributed by atoms with Gasteiger partial charge in [-0.05, 0) is 30.4 Å². The van der Waals surface area contributed by atoms with Gasteiger partial charge in [-0.3, -0.25) is 4.79 Å². The summed E-state index contributed by atoms with van der Waals surface area (Å²) in [5.41, 5.74) is 0.0496. The van der Waals surface area contributed by atoms with Gasteiger partial charge in [0.1, 0.15) is 29.2 Å². The average Bonchev–Trinajstić information content (AvgIpc) is 3.21. The molecule has 0 saturated carbocycles. The normalized spacial score (nSPS) is 22.5. The first kappa shape index (κ1) is 18.0. The molecule has 2 atom stereocenters. The van der Waals surface area contributed by atoms with Crippen molar-refractivity contribution in [2.24, 2.45) is 0 Å². The van der Waals surface area contributed by atoms with Crippen LogP contribution >= 0.6 is 0 Å². The Labute approximate surface area is 151 Å². The molecule has 0 radical (unpaired) electrons. The molecular weight excluding hydrogens is 336 g/mol. The van der Waals surface area contributed by atoms with Crippen LogP contribution in [0, 0.1) is 0 Å². The molecule has 1 heterocycles. The molecule has 0 saturated heterocycles. The highest BCUT2D eigenvalue weighted by Gasteiger charge is 2.47. The van der Waals surface area contributed by atoms with Crippen molar-refractivity contribution in [3.63, 3.8) is 0 Å². The monoisotopic (exact) mass is 356 g/mol. The zero-order valence-corrected chi connectivity index (χ0v) is 14.8. The number of phenolic OH excluding ortho intramolecular Hbond substituents is 1. The van der Waals surface area contributed by atoms with Crippen LogP contribution in [0.5, 0.6) is 5.75 Å². The summed E-state index contributed by atoms with van der Waals surface area (Å²) in [7, 11) is 4.49. The average molecular weight is 356 g/mol. The smallest absolute Gasteiger partial charge is 0.151 e. The van der Waals surface area contributed by atoms with Crippen molar-refractivity contribution >= 4 is 6.29 Å². The van der Waals surface area contributed by atoms with E-state index in [4.69, 9.17) is 18.6 Å². The van der Waals surface area contributed by atoms with Crippen molar-refractivity contribution in [2.75, 3.05) is 21.3 Å². The number of furan rings is 1. The van der Waals surface area contributed by atoms with E-state index in [-0.39, 0.29) is 5.75 Å². The second-order valence-corrected chi connectivity index (χ2v) is 5.81. The van der Waals surface area contributed by atoms with E-state index in [0.29, 0.717) is 34.5 Å². The molecule has 6 nitrogen and oxygen atoms in total. The minimum Gasteiger partial charge on any atom is -0.507 e. The summed E-state index contributed by atoms with van der Waals surface area (Å²) in [5, 5.41) is 11.0. The maximum atomic E-state index is 11.4. The Kier molecular flexibility index (Phi) is 4.97. The van der Waals surface area contributed by atoms with Crippen molar-refractivity contribution in [3.05, 3.63) is 65.6 Å². The summed E-state index contributed by atoms with van der Waals surface area (Å²) < 4.78 is 22.2.